The summed E-state index contributed by atoms with van der Waals surface area (Å²) >= 11 is 0. The number of carbonyl (C=O) groups excluding carboxylic acids is 1. The molecule has 0 N–H and O–H groups in total. The molecule has 32 heavy (non-hydrogen) atoms. The van der Waals surface area contributed by atoms with Gasteiger partial charge in [-0.1, -0.05) is 0 Å². The van der Waals surface area contributed by atoms with Crippen LogP contribution in [0.25, 0.3) is 16.9 Å². The summed E-state index contributed by atoms with van der Waals surface area (Å²) in [5.41, 5.74) is 1.06. The zero-order valence-corrected chi connectivity index (χ0v) is 16.0. The van der Waals surface area contributed by atoms with E-state index in [0.29, 0.717) is 5.56 Å². The van der Waals surface area contributed by atoms with Gasteiger partial charge >= 0.3 is 12.8 Å². The Morgan fingerprint density at radius 2 is 1.50 bits per heavy atom. The van der Waals surface area contributed by atoms with Crippen molar-refractivity contribution >= 4 is 23.4 Å². The lowest BCUT2D eigenvalue weighted by Crippen LogP contribution is -2.04. The third-order valence-corrected chi connectivity index (χ3v) is 4.47. The molecule has 4 aromatic rings. The van der Waals surface area contributed by atoms with E-state index in [0.717, 1.165) is 24.3 Å². The number of alkyl halides is 2. The number of halogens is 5. The van der Waals surface area contributed by atoms with Gasteiger partial charge in [-0.15, -0.1) is 4.39 Å². The molecule has 0 fully saturated rings. The molecule has 0 amide bonds. The number of aliphatic imine (C=N–C) groups is 1. The van der Waals surface area contributed by atoms with E-state index in [9.17, 15) is 26.7 Å². The van der Waals surface area contributed by atoms with Crippen LogP contribution in [0, 0.1) is 11.6 Å². The lowest BCUT2D eigenvalue weighted by molar-refractivity contribution is -0.0688. The summed E-state index contributed by atoms with van der Waals surface area (Å²) < 4.78 is 70.0. The number of rotatable bonds is 5. The number of ketones is 1. The molecule has 2 aromatic carbocycles. The minimum atomic E-state index is -3.43. The summed E-state index contributed by atoms with van der Waals surface area (Å²) in [6.45, 7) is -3.43. The topological polar surface area (TPSA) is 56.0 Å². The predicted molar refractivity (Wildman–Crippen MR) is 106 cm³/mol. The highest BCUT2D eigenvalue weighted by molar-refractivity contribution is 6.09. The summed E-state index contributed by atoms with van der Waals surface area (Å²) in [4.78, 5) is 20.3. The van der Waals surface area contributed by atoms with Gasteiger partial charge in [-0.3, -0.25) is 9.20 Å². The Kier molecular flexibility index (Phi) is 5.67. The lowest BCUT2D eigenvalue weighted by atomic mass is 10.0. The maximum atomic E-state index is 13.7. The SMILES string of the molecule is O=C(c1ccc(F)cc1)c1ccc2nc(/N=C(/F)OC(F)F)c(-c3ccc(F)cc3)n2c1. The molecule has 0 bridgehead atoms. The standard InChI is InChI=1S/C22H12F5N3O2/c23-15-6-1-12(2-7-15)18-20(29-22(27)32-21(25)26)28-17-10-5-14(11-30(17)18)19(31)13-3-8-16(24)9-4-13/h1-11,21H/b29-22-. The zero-order chi connectivity index (χ0) is 22.8. The average molecular weight is 445 g/mol. The van der Waals surface area contributed by atoms with Crippen LogP contribution in [0.2, 0.25) is 0 Å². The molecule has 0 aliphatic rings. The highest BCUT2D eigenvalue weighted by Crippen LogP contribution is 2.32. The van der Waals surface area contributed by atoms with Crippen LogP contribution in [0.5, 0.6) is 0 Å². The maximum absolute atomic E-state index is 13.7. The van der Waals surface area contributed by atoms with Crippen LogP contribution in [0.3, 0.4) is 0 Å². The van der Waals surface area contributed by atoms with Gasteiger partial charge in [0, 0.05) is 22.9 Å². The van der Waals surface area contributed by atoms with Gasteiger partial charge in [0.05, 0.1) is 5.69 Å². The van der Waals surface area contributed by atoms with Crippen LogP contribution in [0.4, 0.5) is 27.8 Å². The summed E-state index contributed by atoms with van der Waals surface area (Å²) in [5, 5.41) is 0. The number of fused-ring (bicyclic) bond motifs is 1. The van der Waals surface area contributed by atoms with E-state index < -0.39 is 30.2 Å². The molecule has 2 aromatic heterocycles. The van der Waals surface area contributed by atoms with Crippen LogP contribution in [-0.2, 0) is 4.74 Å². The smallest absolute Gasteiger partial charge is 0.390 e. The van der Waals surface area contributed by atoms with E-state index >= 15 is 0 Å². The molecule has 5 nitrogen and oxygen atoms in total. The van der Waals surface area contributed by atoms with Gasteiger partial charge in [-0.2, -0.15) is 13.8 Å². The first-order chi connectivity index (χ1) is 15.3. The number of pyridine rings is 1. The van der Waals surface area contributed by atoms with Gasteiger partial charge in [0.15, 0.2) is 11.6 Å². The number of hydrogen-bond acceptors (Lipinski definition) is 4. The molecule has 0 atom stereocenters. The fourth-order valence-electron chi connectivity index (χ4n) is 3.07. The summed E-state index contributed by atoms with van der Waals surface area (Å²) in [6, 6.07) is 12.8. The molecule has 0 aliphatic carbocycles. The molecule has 0 saturated carbocycles. The van der Waals surface area contributed by atoms with E-state index in [1.807, 2.05) is 0 Å². The number of benzene rings is 2. The van der Waals surface area contributed by atoms with Gasteiger partial charge < -0.3 is 4.74 Å². The predicted octanol–water partition coefficient (Wildman–Crippen LogP) is 5.71. The second kappa shape index (κ2) is 8.58. The third kappa shape index (κ3) is 4.34. The third-order valence-electron chi connectivity index (χ3n) is 4.47. The Balaban J connectivity index is 1.87. The number of hydrogen-bond donors (Lipinski definition) is 0. The molecule has 0 spiro atoms. The van der Waals surface area contributed by atoms with Crippen molar-refractivity contribution < 1.29 is 31.5 Å². The normalized spacial score (nSPS) is 11.9. The lowest BCUT2D eigenvalue weighted by Gasteiger charge is -2.06. The average Bonchev–Trinajstić information content (AvgIpc) is 3.10. The second-order valence-electron chi connectivity index (χ2n) is 6.52. The molecule has 2 heterocycles. The van der Waals surface area contributed by atoms with Gasteiger partial charge in [0.25, 0.3) is 0 Å². The second-order valence-corrected chi connectivity index (χ2v) is 6.52. The van der Waals surface area contributed by atoms with Gasteiger partial charge in [0.1, 0.15) is 17.3 Å². The Morgan fingerprint density at radius 3 is 2.12 bits per heavy atom. The number of imidazole rings is 1. The van der Waals surface area contributed by atoms with E-state index in [4.69, 9.17) is 0 Å². The van der Waals surface area contributed by atoms with E-state index in [-0.39, 0.29) is 28.3 Å². The summed E-state index contributed by atoms with van der Waals surface area (Å²) in [5.74, 6) is -1.78. The Hall–Kier alpha value is -4.08. The highest BCUT2D eigenvalue weighted by Gasteiger charge is 2.19. The van der Waals surface area contributed by atoms with Crippen molar-refractivity contribution in [3.63, 3.8) is 0 Å². The molecule has 162 valence electrons. The van der Waals surface area contributed by atoms with Crippen molar-refractivity contribution in [2.75, 3.05) is 0 Å². The number of ether oxygens (including phenoxy) is 1. The van der Waals surface area contributed by atoms with E-state index in [1.165, 1.54) is 47.0 Å². The van der Waals surface area contributed by atoms with Crippen LogP contribution in [-0.4, -0.2) is 27.9 Å². The molecule has 4 rings (SSSR count). The summed E-state index contributed by atoms with van der Waals surface area (Å²) in [7, 11) is 0. The minimum Gasteiger partial charge on any atom is -0.393 e. The van der Waals surface area contributed by atoms with Crippen LogP contribution in [0.1, 0.15) is 15.9 Å². The van der Waals surface area contributed by atoms with Crippen molar-refractivity contribution in [3.05, 3.63) is 89.6 Å². The number of carbonyl (C=O) groups is 1. The largest absolute Gasteiger partial charge is 0.393 e. The zero-order valence-electron chi connectivity index (χ0n) is 16.0. The molecule has 0 aliphatic heterocycles. The fourth-order valence-corrected chi connectivity index (χ4v) is 3.07. The molecule has 0 unspecified atom stereocenters. The molecular weight excluding hydrogens is 433 g/mol. The number of nitrogens with zero attached hydrogens (tertiary/aromatic N) is 3. The highest BCUT2D eigenvalue weighted by atomic mass is 19.3. The van der Waals surface area contributed by atoms with E-state index in [1.54, 1.807) is 0 Å². The first-order valence-corrected chi connectivity index (χ1v) is 9.09. The van der Waals surface area contributed by atoms with Crippen molar-refractivity contribution in [1.82, 2.24) is 9.38 Å². The molecule has 0 radical (unpaired) electrons. The molecule has 0 saturated heterocycles. The van der Waals surface area contributed by atoms with Gasteiger partial charge in [-0.05, 0) is 60.7 Å². The van der Waals surface area contributed by atoms with Crippen LogP contribution < -0.4 is 0 Å². The Bertz CT molecular complexity index is 1320. The van der Waals surface area contributed by atoms with Crippen molar-refractivity contribution in [2.24, 2.45) is 4.99 Å². The van der Waals surface area contributed by atoms with Crippen molar-refractivity contribution in [2.45, 2.75) is 6.61 Å². The maximum Gasteiger partial charge on any atom is 0.390 e. The van der Waals surface area contributed by atoms with Crippen LogP contribution in [0.15, 0.2) is 71.9 Å². The van der Waals surface area contributed by atoms with Crippen molar-refractivity contribution in [3.8, 4) is 11.3 Å². The first kappa shape index (κ1) is 21.2. The minimum absolute atomic E-state index is 0.113. The first-order valence-electron chi connectivity index (χ1n) is 9.09. The van der Waals surface area contributed by atoms with Gasteiger partial charge in [0.2, 0.25) is 0 Å². The van der Waals surface area contributed by atoms with Crippen molar-refractivity contribution in [1.29, 1.82) is 0 Å². The quantitative estimate of drug-likeness (QED) is 0.171. The Morgan fingerprint density at radius 1 is 0.906 bits per heavy atom. The number of aromatic nitrogens is 2. The fraction of sp³-hybridized carbons (Fsp3) is 0.0455. The monoisotopic (exact) mass is 445 g/mol. The van der Waals surface area contributed by atoms with E-state index in [2.05, 4.69) is 14.7 Å². The molecular formula is C22H12F5N3O2. The Labute approximate surface area is 177 Å². The van der Waals surface area contributed by atoms with Gasteiger partial charge in [-0.25, -0.2) is 13.8 Å². The molecule has 10 heteroatoms. The van der Waals surface area contributed by atoms with Crippen LogP contribution >= 0.6 is 0 Å². The summed E-state index contributed by atoms with van der Waals surface area (Å²) in [6.07, 6.45) is -0.424.